The van der Waals surface area contributed by atoms with Crippen LogP contribution in [0.1, 0.15) is 30.4 Å². The van der Waals surface area contributed by atoms with Crippen LogP contribution < -0.4 is 4.90 Å². The van der Waals surface area contributed by atoms with Gasteiger partial charge in [0, 0.05) is 37.3 Å². The van der Waals surface area contributed by atoms with E-state index in [0.29, 0.717) is 31.4 Å². The summed E-state index contributed by atoms with van der Waals surface area (Å²) in [5.74, 6) is -0.752. The summed E-state index contributed by atoms with van der Waals surface area (Å²) in [7, 11) is -3.97. The van der Waals surface area contributed by atoms with Crippen molar-refractivity contribution in [3.8, 4) is 0 Å². The van der Waals surface area contributed by atoms with Gasteiger partial charge in [-0.1, -0.05) is 11.6 Å². The van der Waals surface area contributed by atoms with E-state index in [4.69, 9.17) is 11.6 Å². The molecule has 0 unspecified atom stereocenters. The number of hydrogen-bond donors (Lipinski definition) is 0. The van der Waals surface area contributed by atoms with Crippen LogP contribution in [0.15, 0.2) is 35.2 Å². The molecule has 2 aromatic rings. The van der Waals surface area contributed by atoms with Gasteiger partial charge in [-0.2, -0.15) is 4.31 Å². The molecular formula is C22H23ClFN3O5S. The first-order valence-electron chi connectivity index (χ1n) is 10.6. The summed E-state index contributed by atoms with van der Waals surface area (Å²) in [4.78, 5) is 25.2. The van der Waals surface area contributed by atoms with E-state index in [-0.39, 0.29) is 40.6 Å². The number of halogens is 2. The van der Waals surface area contributed by atoms with Crippen LogP contribution in [-0.4, -0.2) is 43.2 Å². The second-order valence-electron chi connectivity index (χ2n) is 8.37. The Hall–Kier alpha value is -2.56. The zero-order valence-electron chi connectivity index (χ0n) is 18.0. The van der Waals surface area contributed by atoms with Crippen LogP contribution >= 0.6 is 11.6 Å². The van der Waals surface area contributed by atoms with Gasteiger partial charge in [-0.3, -0.25) is 14.9 Å². The van der Waals surface area contributed by atoms with Gasteiger partial charge in [0.2, 0.25) is 15.9 Å². The number of fused-ring (bicyclic) bond motifs is 1. The maximum atomic E-state index is 13.8. The average Bonchev–Trinajstić information content (AvgIpc) is 2.78. The molecular weight excluding hydrogens is 473 g/mol. The Labute approximate surface area is 196 Å². The molecule has 0 atom stereocenters. The van der Waals surface area contributed by atoms with Gasteiger partial charge in [0.25, 0.3) is 5.69 Å². The minimum atomic E-state index is -3.97. The zero-order chi connectivity index (χ0) is 23.9. The normalized spacial score (nSPS) is 17.6. The topological polar surface area (TPSA) is 101 Å². The van der Waals surface area contributed by atoms with Crippen LogP contribution in [0.25, 0.3) is 0 Å². The zero-order valence-corrected chi connectivity index (χ0v) is 19.5. The number of benzene rings is 2. The molecule has 1 saturated heterocycles. The van der Waals surface area contributed by atoms with Gasteiger partial charge in [0.15, 0.2) is 0 Å². The smallest absolute Gasteiger partial charge is 0.289 e. The maximum Gasteiger partial charge on any atom is 0.289 e. The first kappa shape index (κ1) is 23.6. The Morgan fingerprint density at radius 3 is 2.55 bits per heavy atom. The quantitative estimate of drug-likeness (QED) is 0.470. The number of carbonyl (C=O) groups is 1. The van der Waals surface area contributed by atoms with Crippen LogP contribution in [0, 0.1) is 28.8 Å². The molecule has 11 heteroatoms. The fourth-order valence-electron chi connectivity index (χ4n) is 4.65. The van der Waals surface area contributed by atoms with E-state index in [9.17, 15) is 27.7 Å². The van der Waals surface area contributed by atoms with E-state index < -0.39 is 20.6 Å². The molecule has 4 rings (SSSR count). The summed E-state index contributed by atoms with van der Waals surface area (Å²) in [5, 5.41) is 11.0. The minimum absolute atomic E-state index is 0.0789. The lowest BCUT2D eigenvalue weighted by molar-refractivity contribution is -0.384. The predicted octanol–water partition coefficient (Wildman–Crippen LogP) is 4.08. The highest BCUT2D eigenvalue weighted by molar-refractivity contribution is 7.89. The molecule has 0 bridgehead atoms. The molecule has 0 saturated carbocycles. The molecule has 8 nitrogen and oxygen atoms in total. The molecule has 2 heterocycles. The van der Waals surface area contributed by atoms with Crippen molar-refractivity contribution in [2.75, 3.05) is 24.5 Å². The fourth-order valence-corrected chi connectivity index (χ4v) is 6.32. The third-order valence-corrected chi connectivity index (χ3v) is 8.48. The molecule has 176 valence electrons. The van der Waals surface area contributed by atoms with E-state index in [1.807, 2.05) is 0 Å². The summed E-state index contributed by atoms with van der Waals surface area (Å²) in [6.45, 7) is 2.58. The van der Waals surface area contributed by atoms with Gasteiger partial charge in [0.05, 0.1) is 9.82 Å². The number of hydrogen-bond acceptors (Lipinski definition) is 5. The molecule has 33 heavy (non-hydrogen) atoms. The Balaban J connectivity index is 1.49. The van der Waals surface area contributed by atoms with Crippen molar-refractivity contribution in [2.24, 2.45) is 5.92 Å². The molecule has 1 amide bonds. The highest BCUT2D eigenvalue weighted by Gasteiger charge is 2.36. The third-order valence-electron chi connectivity index (χ3n) is 6.26. The van der Waals surface area contributed by atoms with Gasteiger partial charge >= 0.3 is 0 Å². The number of piperidine rings is 1. The van der Waals surface area contributed by atoms with Crippen LogP contribution in [0.5, 0.6) is 0 Å². The lowest BCUT2D eigenvalue weighted by Crippen LogP contribution is -2.46. The molecule has 0 spiro atoms. The first-order chi connectivity index (χ1) is 15.6. The van der Waals surface area contributed by atoms with Crippen molar-refractivity contribution in [3.05, 3.63) is 62.4 Å². The number of amides is 1. The predicted molar refractivity (Wildman–Crippen MR) is 121 cm³/mol. The summed E-state index contributed by atoms with van der Waals surface area (Å²) in [5.41, 5.74) is 1.81. The monoisotopic (exact) mass is 495 g/mol. The fraction of sp³-hybridized carbons (Fsp3) is 0.409. The molecule has 0 aromatic heterocycles. The number of sulfonamides is 1. The largest absolute Gasteiger partial charge is 0.312 e. The van der Waals surface area contributed by atoms with E-state index in [0.717, 1.165) is 23.7 Å². The molecule has 0 radical (unpaired) electrons. The van der Waals surface area contributed by atoms with E-state index in [2.05, 4.69) is 0 Å². The van der Waals surface area contributed by atoms with E-state index >= 15 is 0 Å². The van der Waals surface area contributed by atoms with Gasteiger partial charge in [-0.05, 0) is 68.0 Å². The van der Waals surface area contributed by atoms with Crippen LogP contribution in [0.3, 0.4) is 0 Å². The van der Waals surface area contributed by atoms with Gasteiger partial charge < -0.3 is 4.90 Å². The Bertz CT molecular complexity index is 1230. The molecule has 0 aliphatic carbocycles. The van der Waals surface area contributed by atoms with Crippen molar-refractivity contribution in [1.82, 2.24) is 4.31 Å². The molecule has 2 aliphatic heterocycles. The van der Waals surface area contributed by atoms with Crippen molar-refractivity contribution in [2.45, 2.75) is 37.5 Å². The van der Waals surface area contributed by atoms with Crippen molar-refractivity contribution < 1.29 is 22.5 Å². The third kappa shape index (κ3) is 4.47. The maximum absolute atomic E-state index is 13.8. The Morgan fingerprint density at radius 1 is 1.18 bits per heavy atom. The number of nitro groups is 1. The lowest BCUT2D eigenvalue weighted by atomic mass is 9.92. The van der Waals surface area contributed by atoms with Gasteiger partial charge in [-0.15, -0.1) is 0 Å². The number of carbonyl (C=O) groups excluding carboxylic acids is 1. The van der Waals surface area contributed by atoms with E-state index in [1.54, 1.807) is 11.8 Å². The minimum Gasteiger partial charge on any atom is -0.312 e. The van der Waals surface area contributed by atoms with Gasteiger partial charge in [0.1, 0.15) is 10.8 Å². The molecule has 2 aromatic carbocycles. The van der Waals surface area contributed by atoms with Crippen molar-refractivity contribution in [1.29, 1.82) is 0 Å². The van der Waals surface area contributed by atoms with Crippen LogP contribution in [0.4, 0.5) is 15.8 Å². The molecule has 2 aliphatic rings. The average molecular weight is 496 g/mol. The highest BCUT2D eigenvalue weighted by atomic mass is 35.5. The summed E-state index contributed by atoms with van der Waals surface area (Å²) < 4.78 is 41.1. The number of anilines is 1. The summed E-state index contributed by atoms with van der Waals surface area (Å²) in [6.07, 6.45) is 2.12. The standard InChI is InChI=1S/C22H23ClFN3O5S/c1-14-11-17(24)12-16-3-2-8-26(21(14)16)22(28)15-6-9-25(10-7-15)33(31,32)18-4-5-19(23)20(13-18)27(29)30/h4-5,11-13,15H,2-3,6-10H2,1H3. The van der Waals surface area contributed by atoms with Crippen molar-refractivity contribution in [3.63, 3.8) is 0 Å². The second-order valence-corrected chi connectivity index (χ2v) is 10.7. The first-order valence-corrected chi connectivity index (χ1v) is 12.5. The lowest BCUT2D eigenvalue weighted by Gasteiger charge is -2.36. The number of nitro benzene ring substituents is 1. The highest BCUT2D eigenvalue weighted by Crippen LogP contribution is 2.35. The van der Waals surface area contributed by atoms with Crippen LogP contribution in [0.2, 0.25) is 5.02 Å². The SMILES string of the molecule is Cc1cc(F)cc2c1N(C(=O)C1CCN(S(=O)(=O)c3ccc(Cl)c([N+](=O)[O-])c3)CC1)CCC2. The van der Waals surface area contributed by atoms with Crippen molar-refractivity contribution >= 4 is 38.9 Å². The molecule has 0 N–H and O–H groups in total. The number of aryl methyl sites for hydroxylation is 2. The van der Waals surface area contributed by atoms with Gasteiger partial charge in [-0.25, -0.2) is 12.8 Å². The number of rotatable bonds is 4. The Morgan fingerprint density at radius 2 is 1.88 bits per heavy atom. The summed E-state index contributed by atoms with van der Waals surface area (Å²) in [6, 6.07) is 6.30. The van der Waals surface area contributed by atoms with Crippen LogP contribution in [-0.2, 0) is 21.2 Å². The summed E-state index contributed by atoms with van der Waals surface area (Å²) >= 11 is 5.80. The Kier molecular flexibility index (Phi) is 6.43. The van der Waals surface area contributed by atoms with E-state index in [1.165, 1.54) is 28.6 Å². The second kappa shape index (κ2) is 9.00. The number of nitrogens with zero attached hydrogens (tertiary/aromatic N) is 3. The molecule has 1 fully saturated rings.